The fourth-order valence-electron chi connectivity index (χ4n) is 6.02. The van der Waals surface area contributed by atoms with Crippen LogP contribution in [0.3, 0.4) is 0 Å². The number of methoxy groups -OCH3 is 1. The maximum atomic E-state index is 14.9. The highest BCUT2D eigenvalue weighted by Gasteiger charge is 2.43. The van der Waals surface area contributed by atoms with E-state index in [0.29, 0.717) is 23.8 Å². The summed E-state index contributed by atoms with van der Waals surface area (Å²) in [4.78, 5) is 29.7. The average molecular weight is 606 g/mol. The molecule has 7 nitrogen and oxygen atoms in total. The summed E-state index contributed by atoms with van der Waals surface area (Å²) >= 11 is 0. The Morgan fingerprint density at radius 3 is 2.55 bits per heavy atom. The number of carbonyl (C=O) groups excluding carboxylic acids is 2. The van der Waals surface area contributed by atoms with Gasteiger partial charge in [-0.3, -0.25) is 9.69 Å². The Morgan fingerprint density at radius 1 is 1.02 bits per heavy atom. The number of halogens is 2. The van der Waals surface area contributed by atoms with Gasteiger partial charge in [-0.05, 0) is 80.9 Å². The number of rotatable bonds is 12. The minimum absolute atomic E-state index is 0.0237. The number of nitrogens with zero attached hydrogens (tertiary/aromatic N) is 2. The van der Waals surface area contributed by atoms with E-state index in [2.05, 4.69) is 46.1 Å². The molecule has 0 spiro atoms. The fourth-order valence-corrected chi connectivity index (χ4v) is 6.02. The third-order valence-electron chi connectivity index (χ3n) is 8.58. The number of nitrogens with one attached hydrogen (secondary N) is 1. The highest BCUT2D eigenvalue weighted by Crippen LogP contribution is 2.39. The third-order valence-corrected chi connectivity index (χ3v) is 8.58. The summed E-state index contributed by atoms with van der Waals surface area (Å²) < 4.78 is 39.9. The molecule has 9 heteroatoms. The van der Waals surface area contributed by atoms with Gasteiger partial charge in [-0.25, -0.2) is 13.6 Å². The maximum absolute atomic E-state index is 14.9. The van der Waals surface area contributed by atoms with Crippen molar-refractivity contribution in [3.63, 3.8) is 0 Å². The number of ether oxygens (including phenoxy) is 2. The average Bonchev–Trinajstić information content (AvgIpc) is 3.80. The van der Waals surface area contributed by atoms with Gasteiger partial charge in [-0.15, -0.1) is 0 Å². The van der Waals surface area contributed by atoms with Gasteiger partial charge >= 0.3 is 5.97 Å². The summed E-state index contributed by atoms with van der Waals surface area (Å²) in [6, 6.07) is 17.3. The number of hydrogen-bond donors (Lipinski definition) is 1. The summed E-state index contributed by atoms with van der Waals surface area (Å²) in [6.45, 7) is 3.62. The standard InChI is InChI=1S/C35H41F2N3O4/c1-39(2)21-27-7-4-5-16-40(27)20-23-10-14-28(15-11-23)44-22-26-17-30(26)34(41)38-19-25-13-12-24(18-32(25)37)29-8-6-9-31(36)33(29)35(42)43-3/h6,8-15,18,26-27,30H,4-5,7,16-17,19-22H2,1-3H3,(H,38,41). The van der Waals surface area contributed by atoms with Crippen LogP contribution in [0.4, 0.5) is 8.78 Å². The number of carbonyl (C=O) groups is 2. The highest BCUT2D eigenvalue weighted by atomic mass is 19.1. The first-order valence-electron chi connectivity index (χ1n) is 15.3. The monoisotopic (exact) mass is 605 g/mol. The van der Waals surface area contributed by atoms with Crippen LogP contribution in [0.2, 0.25) is 0 Å². The molecule has 1 heterocycles. The highest BCUT2D eigenvalue weighted by molar-refractivity contribution is 5.97. The summed E-state index contributed by atoms with van der Waals surface area (Å²) in [6.07, 6.45) is 4.51. The van der Waals surface area contributed by atoms with Gasteiger partial charge in [0.2, 0.25) is 5.91 Å². The van der Waals surface area contributed by atoms with Crippen LogP contribution >= 0.6 is 0 Å². The molecular weight excluding hydrogens is 564 g/mol. The van der Waals surface area contributed by atoms with Crippen LogP contribution in [0.15, 0.2) is 60.7 Å². The molecular formula is C35H41F2N3O4. The van der Waals surface area contributed by atoms with Crippen molar-refractivity contribution in [1.29, 1.82) is 0 Å². The Kier molecular flexibility index (Phi) is 10.3. The van der Waals surface area contributed by atoms with Crippen molar-refractivity contribution in [3.8, 4) is 16.9 Å². The molecule has 1 saturated heterocycles. The van der Waals surface area contributed by atoms with Gasteiger partial charge in [0, 0.05) is 43.1 Å². The topological polar surface area (TPSA) is 71.1 Å². The number of likely N-dealkylation sites (N-methyl/N-ethyl adjacent to an activating group) is 1. The minimum atomic E-state index is -0.837. The number of hydrogen-bond acceptors (Lipinski definition) is 6. The Hall–Kier alpha value is -3.82. The van der Waals surface area contributed by atoms with Crippen molar-refractivity contribution in [1.82, 2.24) is 15.1 Å². The van der Waals surface area contributed by atoms with Crippen LogP contribution in [0.1, 0.15) is 47.2 Å². The lowest BCUT2D eigenvalue weighted by molar-refractivity contribution is -0.122. The van der Waals surface area contributed by atoms with E-state index in [1.54, 1.807) is 6.07 Å². The van der Waals surface area contributed by atoms with Crippen molar-refractivity contribution < 1.29 is 27.8 Å². The van der Waals surface area contributed by atoms with Crippen LogP contribution in [0, 0.1) is 23.5 Å². The zero-order chi connectivity index (χ0) is 31.2. The first-order valence-corrected chi connectivity index (χ1v) is 15.3. The van der Waals surface area contributed by atoms with Crippen molar-refractivity contribution in [3.05, 3.63) is 89.0 Å². The molecule has 5 rings (SSSR count). The lowest BCUT2D eigenvalue weighted by Gasteiger charge is -2.37. The quantitative estimate of drug-likeness (QED) is 0.269. The number of esters is 1. The van der Waals surface area contributed by atoms with Crippen molar-refractivity contribution >= 4 is 11.9 Å². The predicted molar refractivity (Wildman–Crippen MR) is 165 cm³/mol. The molecule has 1 aliphatic carbocycles. The summed E-state index contributed by atoms with van der Waals surface area (Å²) in [5.41, 5.74) is 1.89. The summed E-state index contributed by atoms with van der Waals surface area (Å²) in [5.74, 6) is -1.53. The Bertz CT molecular complexity index is 1460. The second kappa shape index (κ2) is 14.3. The Labute approximate surface area is 258 Å². The predicted octanol–water partition coefficient (Wildman–Crippen LogP) is 5.67. The van der Waals surface area contributed by atoms with E-state index in [-0.39, 0.29) is 35.4 Å². The van der Waals surface area contributed by atoms with E-state index >= 15 is 0 Å². The SMILES string of the molecule is COC(=O)c1c(F)cccc1-c1ccc(CNC(=O)C2CC2COc2ccc(CN3CCCCC3CN(C)C)cc2)c(F)c1. The van der Waals surface area contributed by atoms with Gasteiger partial charge in [-0.1, -0.05) is 42.8 Å². The molecule has 0 aromatic heterocycles. The fraction of sp³-hybridized carbons (Fsp3) is 0.429. The third kappa shape index (κ3) is 7.81. The summed E-state index contributed by atoms with van der Waals surface area (Å²) in [7, 11) is 5.43. The van der Waals surface area contributed by atoms with Crippen molar-refractivity contribution in [2.45, 2.75) is 44.8 Å². The summed E-state index contributed by atoms with van der Waals surface area (Å²) in [5, 5.41) is 2.82. The molecule has 0 radical (unpaired) electrons. The van der Waals surface area contributed by atoms with Gasteiger partial charge in [0.1, 0.15) is 22.9 Å². The van der Waals surface area contributed by atoms with Crippen LogP contribution in [0.25, 0.3) is 11.1 Å². The molecule has 234 valence electrons. The first kappa shape index (κ1) is 31.6. The molecule has 3 aromatic rings. The van der Waals surface area contributed by atoms with Crippen LogP contribution in [0.5, 0.6) is 5.75 Å². The smallest absolute Gasteiger partial charge is 0.341 e. The number of likely N-dealkylation sites (tertiary alicyclic amines) is 1. The molecule has 2 fully saturated rings. The minimum Gasteiger partial charge on any atom is -0.493 e. The number of amides is 1. The largest absolute Gasteiger partial charge is 0.493 e. The van der Waals surface area contributed by atoms with E-state index in [0.717, 1.165) is 45.0 Å². The van der Waals surface area contributed by atoms with E-state index in [1.165, 1.54) is 49.1 Å². The number of piperidine rings is 1. The van der Waals surface area contributed by atoms with Crippen LogP contribution in [-0.4, -0.2) is 68.6 Å². The van der Waals surface area contributed by atoms with Gasteiger partial charge in [0.15, 0.2) is 0 Å². The zero-order valence-corrected chi connectivity index (χ0v) is 25.7. The van der Waals surface area contributed by atoms with Gasteiger partial charge in [0.05, 0.1) is 13.7 Å². The Balaban J connectivity index is 1.08. The van der Waals surface area contributed by atoms with Gasteiger partial charge in [-0.2, -0.15) is 0 Å². The second-order valence-electron chi connectivity index (χ2n) is 12.1. The zero-order valence-electron chi connectivity index (χ0n) is 25.7. The van der Waals surface area contributed by atoms with Gasteiger partial charge in [0.25, 0.3) is 0 Å². The second-order valence-corrected chi connectivity index (χ2v) is 12.1. The Morgan fingerprint density at radius 2 is 1.82 bits per heavy atom. The van der Waals surface area contributed by atoms with Crippen molar-refractivity contribution in [2.75, 3.05) is 40.9 Å². The molecule has 1 amide bonds. The van der Waals surface area contributed by atoms with E-state index < -0.39 is 17.6 Å². The molecule has 1 aliphatic heterocycles. The van der Waals surface area contributed by atoms with E-state index in [9.17, 15) is 18.4 Å². The lowest BCUT2D eigenvalue weighted by atomic mass is 9.98. The molecule has 1 saturated carbocycles. The normalized spacial score (nSPS) is 19.9. The first-order chi connectivity index (χ1) is 21.2. The lowest BCUT2D eigenvalue weighted by Crippen LogP contribution is -2.44. The van der Waals surface area contributed by atoms with Crippen LogP contribution in [-0.2, 0) is 22.6 Å². The van der Waals surface area contributed by atoms with Gasteiger partial charge < -0.3 is 19.7 Å². The van der Waals surface area contributed by atoms with E-state index in [1.807, 2.05) is 12.1 Å². The van der Waals surface area contributed by atoms with E-state index in [4.69, 9.17) is 4.74 Å². The molecule has 0 bridgehead atoms. The molecule has 1 N–H and O–H groups in total. The molecule has 44 heavy (non-hydrogen) atoms. The number of benzene rings is 3. The molecule has 2 aliphatic rings. The molecule has 3 unspecified atom stereocenters. The van der Waals surface area contributed by atoms with Crippen LogP contribution < -0.4 is 10.1 Å². The molecule has 3 atom stereocenters. The molecule has 3 aromatic carbocycles. The maximum Gasteiger partial charge on any atom is 0.341 e. The van der Waals surface area contributed by atoms with Crippen molar-refractivity contribution in [2.24, 2.45) is 11.8 Å².